The van der Waals surface area contributed by atoms with E-state index in [-0.39, 0.29) is 18.0 Å². The fourth-order valence-electron chi connectivity index (χ4n) is 2.87. The second-order valence-electron chi connectivity index (χ2n) is 6.12. The zero-order valence-electron chi connectivity index (χ0n) is 14.3. The van der Waals surface area contributed by atoms with Gasteiger partial charge in [0.1, 0.15) is 6.54 Å². The lowest BCUT2D eigenvalue weighted by molar-refractivity contribution is 0.475. The van der Waals surface area contributed by atoms with Crippen molar-refractivity contribution >= 4 is 10.9 Å². The van der Waals surface area contributed by atoms with Crippen LogP contribution in [0.3, 0.4) is 0 Å². The Morgan fingerprint density at radius 2 is 1.73 bits per heavy atom. The van der Waals surface area contributed by atoms with Gasteiger partial charge in [-0.15, -0.1) is 10.2 Å². The summed E-state index contributed by atoms with van der Waals surface area (Å²) in [5, 5.41) is 8.46. The summed E-state index contributed by atoms with van der Waals surface area (Å²) < 4.78 is 8.19. The lowest BCUT2D eigenvalue weighted by Crippen LogP contribution is -2.39. The summed E-state index contributed by atoms with van der Waals surface area (Å²) in [4.78, 5) is 25.2. The van der Waals surface area contributed by atoms with Gasteiger partial charge in [0, 0.05) is 12.6 Å². The third-order valence-corrected chi connectivity index (χ3v) is 4.32. The van der Waals surface area contributed by atoms with Gasteiger partial charge >= 0.3 is 5.69 Å². The normalized spacial score (nSPS) is 11.2. The molecule has 0 radical (unpaired) electrons. The Kier molecular flexibility index (Phi) is 3.76. The minimum Gasteiger partial charge on any atom is -0.419 e. The molecule has 0 saturated carbocycles. The Labute approximate surface area is 148 Å². The van der Waals surface area contributed by atoms with Crippen molar-refractivity contribution in [1.82, 2.24) is 19.3 Å². The Morgan fingerprint density at radius 3 is 2.50 bits per heavy atom. The number of fused-ring (bicyclic) bond motifs is 1. The van der Waals surface area contributed by atoms with Crippen LogP contribution in [0.2, 0.25) is 0 Å². The van der Waals surface area contributed by atoms with Crippen molar-refractivity contribution in [3.63, 3.8) is 0 Å². The molecular formula is C19H16N4O3. The molecule has 26 heavy (non-hydrogen) atoms. The predicted octanol–water partition coefficient (Wildman–Crippen LogP) is 2.11. The second-order valence-corrected chi connectivity index (χ2v) is 6.12. The molecule has 0 aliphatic rings. The first-order valence-electron chi connectivity index (χ1n) is 8.12. The van der Waals surface area contributed by atoms with Crippen molar-refractivity contribution in [3.8, 4) is 11.5 Å². The largest absolute Gasteiger partial charge is 0.419 e. The van der Waals surface area contributed by atoms with Crippen LogP contribution in [0, 0.1) is 6.92 Å². The highest BCUT2D eigenvalue weighted by Crippen LogP contribution is 2.18. The van der Waals surface area contributed by atoms with Crippen LogP contribution < -0.4 is 11.2 Å². The van der Waals surface area contributed by atoms with E-state index in [4.69, 9.17) is 4.42 Å². The number of hydrogen-bond acceptors (Lipinski definition) is 5. The first-order chi connectivity index (χ1) is 12.5. The van der Waals surface area contributed by atoms with E-state index in [1.165, 1.54) is 4.57 Å². The molecule has 0 N–H and O–H groups in total. The maximum atomic E-state index is 12.7. The van der Waals surface area contributed by atoms with Gasteiger partial charge in [-0.25, -0.2) is 4.79 Å². The van der Waals surface area contributed by atoms with Crippen LogP contribution in [0.25, 0.3) is 22.4 Å². The van der Waals surface area contributed by atoms with Gasteiger partial charge in [0.15, 0.2) is 0 Å². The topological polar surface area (TPSA) is 82.9 Å². The summed E-state index contributed by atoms with van der Waals surface area (Å²) in [7, 11) is 1.63. The SMILES string of the molecule is Cc1ccc(-c2nnc(Cn3c(=O)c4ccccc4n(C)c3=O)o2)cc1. The van der Waals surface area contributed by atoms with E-state index in [0.29, 0.717) is 16.8 Å². The summed E-state index contributed by atoms with van der Waals surface area (Å²) in [6, 6.07) is 14.6. The average molecular weight is 348 g/mol. The standard InChI is InChI=1S/C19H16N4O3/c1-12-7-9-13(10-8-12)17-21-20-16(26-17)11-23-18(24)14-5-3-4-6-15(14)22(2)19(23)25/h3-10H,11H2,1-2H3. The van der Waals surface area contributed by atoms with Gasteiger partial charge in [-0.3, -0.25) is 13.9 Å². The molecular weight excluding hydrogens is 332 g/mol. The average Bonchev–Trinajstić information content (AvgIpc) is 3.13. The summed E-state index contributed by atoms with van der Waals surface area (Å²) in [5.74, 6) is 0.556. The van der Waals surface area contributed by atoms with Crippen molar-refractivity contribution in [2.45, 2.75) is 13.5 Å². The molecule has 0 atom stereocenters. The number of para-hydroxylation sites is 1. The maximum Gasteiger partial charge on any atom is 0.331 e. The van der Waals surface area contributed by atoms with E-state index in [9.17, 15) is 9.59 Å². The molecule has 0 saturated heterocycles. The molecule has 0 aliphatic heterocycles. The van der Waals surface area contributed by atoms with E-state index in [1.807, 2.05) is 31.2 Å². The first kappa shape index (κ1) is 16.0. The van der Waals surface area contributed by atoms with Crippen LogP contribution in [-0.4, -0.2) is 19.3 Å². The first-order valence-corrected chi connectivity index (χ1v) is 8.12. The molecule has 0 bridgehead atoms. The third kappa shape index (κ3) is 2.63. The zero-order chi connectivity index (χ0) is 18.3. The van der Waals surface area contributed by atoms with Crippen molar-refractivity contribution in [2.75, 3.05) is 0 Å². The number of rotatable bonds is 3. The van der Waals surface area contributed by atoms with Gasteiger partial charge in [-0.05, 0) is 31.2 Å². The molecule has 0 fully saturated rings. The van der Waals surface area contributed by atoms with E-state index in [2.05, 4.69) is 10.2 Å². The lowest BCUT2D eigenvalue weighted by Gasteiger charge is -2.08. The maximum absolute atomic E-state index is 12.7. The van der Waals surface area contributed by atoms with E-state index in [1.54, 1.807) is 31.3 Å². The monoisotopic (exact) mass is 348 g/mol. The number of aromatic nitrogens is 4. The molecule has 0 unspecified atom stereocenters. The number of aryl methyl sites for hydroxylation is 2. The third-order valence-electron chi connectivity index (χ3n) is 4.32. The van der Waals surface area contributed by atoms with Gasteiger partial charge < -0.3 is 4.42 Å². The van der Waals surface area contributed by atoms with Crippen LogP contribution in [-0.2, 0) is 13.6 Å². The minimum atomic E-state index is -0.427. The Hall–Kier alpha value is -3.48. The molecule has 0 spiro atoms. The van der Waals surface area contributed by atoms with Crippen molar-refractivity contribution in [1.29, 1.82) is 0 Å². The second kappa shape index (κ2) is 6.11. The minimum absolute atomic E-state index is 0.0742. The number of nitrogens with zero attached hydrogens (tertiary/aromatic N) is 4. The molecule has 2 aromatic carbocycles. The van der Waals surface area contributed by atoms with Crippen LogP contribution in [0.15, 0.2) is 62.5 Å². The Morgan fingerprint density at radius 1 is 1.00 bits per heavy atom. The fraction of sp³-hybridized carbons (Fsp3) is 0.158. The van der Waals surface area contributed by atoms with E-state index in [0.717, 1.165) is 15.7 Å². The molecule has 0 amide bonds. The van der Waals surface area contributed by atoms with E-state index < -0.39 is 5.69 Å². The highest BCUT2D eigenvalue weighted by molar-refractivity contribution is 5.77. The van der Waals surface area contributed by atoms with Crippen molar-refractivity contribution in [2.24, 2.45) is 7.05 Å². The fourth-order valence-corrected chi connectivity index (χ4v) is 2.87. The number of benzene rings is 2. The lowest BCUT2D eigenvalue weighted by atomic mass is 10.1. The molecule has 0 aliphatic carbocycles. The van der Waals surface area contributed by atoms with Gasteiger partial charge in [0.2, 0.25) is 11.8 Å². The van der Waals surface area contributed by atoms with Gasteiger partial charge in [0.05, 0.1) is 10.9 Å². The van der Waals surface area contributed by atoms with Crippen molar-refractivity contribution < 1.29 is 4.42 Å². The zero-order valence-corrected chi connectivity index (χ0v) is 14.3. The Balaban J connectivity index is 1.76. The summed E-state index contributed by atoms with van der Waals surface area (Å²) >= 11 is 0. The molecule has 2 aromatic heterocycles. The van der Waals surface area contributed by atoms with Crippen LogP contribution in [0.1, 0.15) is 11.5 Å². The van der Waals surface area contributed by atoms with Crippen LogP contribution in [0.5, 0.6) is 0 Å². The summed E-state index contributed by atoms with van der Waals surface area (Å²) in [6.07, 6.45) is 0. The van der Waals surface area contributed by atoms with Crippen LogP contribution >= 0.6 is 0 Å². The summed E-state index contributed by atoms with van der Waals surface area (Å²) in [5.41, 5.74) is 1.69. The molecule has 4 rings (SSSR count). The molecule has 2 heterocycles. The molecule has 7 heteroatoms. The Bertz CT molecular complexity index is 1220. The summed E-state index contributed by atoms with van der Waals surface area (Å²) in [6.45, 7) is 1.92. The van der Waals surface area contributed by atoms with Gasteiger partial charge in [-0.2, -0.15) is 0 Å². The molecule has 130 valence electrons. The highest BCUT2D eigenvalue weighted by Gasteiger charge is 2.14. The number of hydrogen-bond donors (Lipinski definition) is 0. The smallest absolute Gasteiger partial charge is 0.331 e. The van der Waals surface area contributed by atoms with Gasteiger partial charge in [0.25, 0.3) is 5.56 Å². The van der Waals surface area contributed by atoms with Crippen LogP contribution in [0.4, 0.5) is 0 Å². The molecule has 7 nitrogen and oxygen atoms in total. The highest BCUT2D eigenvalue weighted by atomic mass is 16.4. The molecule has 4 aromatic rings. The van der Waals surface area contributed by atoms with E-state index >= 15 is 0 Å². The van der Waals surface area contributed by atoms with Crippen molar-refractivity contribution in [3.05, 3.63) is 80.8 Å². The van der Waals surface area contributed by atoms with Gasteiger partial charge in [-0.1, -0.05) is 29.8 Å². The predicted molar refractivity (Wildman–Crippen MR) is 97.0 cm³/mol. The quantitative estimate of drug-likeness (QED) is 0.566.